The van der Waals surface area contributed by atoms with Crippen molar-refractivity contribution in [3.05, 3.63) is 11.1 Å². The van der Waals surface area contributed by atoms with Gasteiger partial charge in [-0.3, -0.25) is 0 Å². The molecule has 0 bridgehead atoms. The van der Waals surface area contributed by atoms with Crippen molar-refractivity contribution in [2.24, 2.45) is 5.10 Å². The quantitative estimate of drug-likeness (QED) is 0.687. The van der Waals surface area contributed by atoms with Crippen molar-refractivity contribution >= 4 is 5.71 Å². The summed E-state index contributed by atoms with van der Waals surface area (Å²) in [4.78, 5) is 2.74. The number of hydrazone groups is 1. The Morgan fingerprint density at radius 3 is 2.38 bits per heavy atom. The lowest BCUT2D eigenvalue weighted by atomic mass is 9.78. The van der Waals surface area contributed by atoms with Crippen molar-refractivity contribution in [2.45, 2.75) is 71.3 Å². The minimum atomic E-state index is 0.780. The molecular weight excluding hydrogens is 258 g/mol. The lowest BCUT2D eigenvalue weighted by Gasteiger charge is -2.38. The first-order valence-corrected chi connectivity index (χ1v) is 8.85. The fourth-order valence-corrected chi connectivity index (χ4v) is 3.93. The topological polar surface area (TPSA) is 18.8 Å². The molecule has 1 atom stereocenters. The van der Waals surface area contributed by atoms with Crippen LogP contribution in [0, 0.1) is 0 Å². The Morgan fingerprint density at radius 2 is 1.76 bits per heavy atom. The third kappa shape index (κ3) is 4.32. The van der Waals surface area contributed by atoms with Crippen LogP contribution in [-0.2, 0) is 0 Å². The Bertz CT molecular complexity index is 389. The van der Waals surface area contributed by atoms with Gasteiger partial charge in [0.15, 0.2) is 0 Å². The van der Waals surface area contributed by atoms with Gasteiger partial charge >= 0.3 is 0 Å². The maximum atomic E-state index is 4.74. The van der Waals surface area contributed by atoms with Crippen molar-refractivity contribution in [2.75, 3.05) is 27.2 Å². The molecule has 0 N–H and O–H groups in total. The highest BCUT2D eigenvalue weighted by molar-refractivity contribution is 6.01. The molecule has 1 unspecified atom stereocenters. The molecule has 0 aromatic heterocycles. The van der Waals surface area contributed by atoms with E-state index in [1.54, 1.807) is 11.1 Å². The summed E-state index contributed by atoms with van der Waals surface area (Å²) < 4.78 is 0. The van der Waals surface area contributed by atoms with Crippen LogP contribution in [0.15, 0.2) is 16.2 Å². The predicted molar refractivity (Wildman–Crippen MR) is 91.8 cm³/mol. The second kappa shape index (κ2) is 7.98. The smallest absolute Gasteiger partial charge is 0.0636 e. The van der Waals surface area contributed by atoms with E-state index in [4.69, 9.17) is 5.10 Å². The molecule has 0 spiro atoms. The first-order valence-electron chi connectivity index (χ1n) is 8.85. The molecule has 0 saturated carbocycles. The number of allylic oxidation sites excluding steroid dienone is 1. The molecule has 0 fully saturated rings. The van der Waals surface area contributed by atoms with Gasteiger partial charge in [-0.2, -0.15) is 5.10 Å². The second-order valence-corrected chi connectivity index (χ2v) is 6.76. The van der Waals surface area contributed by atoms with E-state index in [0.29, 0.717) is 0 Å². The van der Waals surface area contributed by atoms with Gasteiger partial charge in [0.2, 0.25) is 0 Å². The maximum absolute atomic E-state index is 4.74. The molecule has 0 aromatic carbocycles. The summed E-state index contributed by atoms with van der Waals surface area (Å²) >= 11 is 0. The minimum Gasteiger partial charge on any atom is -0.303 e. The normalized spacial score (nSPS) is 24.6. The van der Waals surface area contributed by atoms with Crippen LogP contribution in [0.1, 0.15) is 65.2 Å². The molecule has 0 saturated heterocycles. The Labute approximate surface area is 131 Å². The van der Waals surface area contributed by atoms with Gasteiger partial charge in [-0.25, -0.2) is 0 Å². The third-order valence-electron chi connectivity index (χ3n) is 4.74. The molecule has 120 valence electrons. The highest BCUT2D eigenvalue weighted by Crippen LogP contribution is 2.36. The van der Waals surface area contributed by atoms with Crippen LogP contribution in [0.25, 0.3) is 0 Å². The third-order valence-corrected chi connectivity index (χ3v) is 4.74. The van der Waals surface area contributed by atoms with E-state index in [2.05, 4.69) is 18.7 Å². The van der Waals surface area contributed by atoms with Gasteiger partial charge in [0, 0.05) is 20.1 Å². The van der Waals surface area contributed by atoms with Crippen LogP contribution in [0.2, 0.25) is 0 Å². The van der Waals surface area contributed by atoms with Gasteiger partial charge in [0.1, 0.15) is 0 Å². The average Bonchev–Trinajstić information content (AvgIpc) is 2.46. The van der Waals surface area contributed by atoms with E-state index < -0.39 is 0 Å². The van der Waals surface area contributed by atoms with Crippen molar-refractivity contribution in [1.29, 1.82) is 0 Å². The molecule has 0 aromatic rings. The first-order chi connectivity index (χ1) is 10.2. The fraction of sp³-hybridized carbons (Fsp3) is 0.833. The summed E-state index contributed by atoms with van der Waals surface area (Å²) in [5, 5.41) is 6.71. The molecular formula is C18H33N3. The molecule has 0 aliphatic heterocycles. The van der Waals surface area contributed by atoms with Crippen LogP contribution in [0.3, 0.4) is 0 Å². The second-order valence-electron chi connectivity index (χ2n) is 6.76. The maximum Gasteiger partial charge on any atom is 0.0636 e. The monoisotopic (exact) mass is 291 g/mol. The number of rotatable bonds is 6. The van der Waals surface area contributed by atoms with Crippen molar-refractivity contribution in [3.8, 4) is 0 Å². The Hall–Kier alpha value is -0.830. The van der Waals surface area contributed by atoms with E-state index in [0.717, 1.165) is 6.04 Å². The van der Waals surface area contributed by atoms with Crippen LogP contribution in [-0.4, -0.2) is 48.8 Å². The summed E-state index contributed by atoms with van der Waals surface area (Å²) in [6.07, 6.45) is 10.2. The Morgan fingerprint density at radius 1 is 1.05 bits per heavy atom. The van der Waals surface area contributed by atoms with E-state index in [9.17, 15) is 0 Å². The van der Waals surface area contributed by atoms with E-state index >= 15 is 0 Å². The molecule has 0 amide bonds. The van der Waals surface area contributed by atoms with Crippen molar-refractivity contribution in [3.63, 3.8) is 0 Å². The average molecular weight is 291 g/mol. The predicted octanol–water partition coefficient (Wildman–Crippen LogP) is 4.06. The molecule has 21 heavy (non-hydrogen) atoms. The van der Waals surface area contributed by atoms with E-state index in [1.165, 1.54) is 70.2 Å². The summed E-state index contributed by atoms with van der Waals surface area (Å²) in [6.45, 7) is 7.14. The summed E-state index contributed by atoms with van der Waals surface area (Å²) in [7, 11) is 4.08. The zero-order valence-electron chi connectivity index (χ0n) is 14.5. The van der Waals surface area contributed by atoms with Crippen molar-refractivity contribution in [1.82, 2.24) is 9.91 Å². The summed E-state index contributed by atoms with van der Waals surface area (Å²) in [5.41, 5.74) is 4.70. The van der Waals surface area contributed by atoms with E-state index in [-0.39, 0.29) is 0 Å². The summed E-state index contributed by atoms with van der Waals surface area (Å²) in [6, 6.07) is 0.780. The Kier molecular flexibility index (Phi) is 6.28. The van der Waals surface area contributed by atoms with Gasteiger partial charge in [-0.15, -0.1) is 0 Å². The van der Waals surface area contributed by atoms with Crippen molar-refractivity contribution < 1.29 is 0 Å². The van der Waals surface area contributed by atoms with Gasteiger partial charge in [-0.1, -0.05) is 19.4 Å². The highest BCUT2D eigenvalue weighted by Gasteiger charge is 2.29. The molecule has 3 nitrogen and oxygen atoms in total. The van der Waals surface area contributed by atoms with Crippen LogP contribution >= 0.6 is 0 Å². The largest absolute Gasteiger partial charge is 0.303 e. The highest BCUT2D eigenvalue weighted by atomic mass is 15.4. The lowest BCUT2D eigenvalue weighted by Crippen LogP contribution is -2.39. The van der Waals surface area contributed by atoms with Gasteiger partial charge < -0.3 is 9.91 Å². The molecule has 0 heterocycles. The van der Waals surface area contributed by atoms with E-state index in [1.807, 2.05) is 19.1 Å². The molecule has 3 heteroatoms. The van der Waals surface area contributed by atoms with Crippen LogP contribution in [0.5, 0.6) is 0 Å². The zero-order valence-corrected chi connectivity index (χ0v) is 14.5. The molecule has 2 aliphatic rings. The standard InChI is InChI=1S/C18H33N3/c1-5-12-21(13-6-2)16-10-11-17-15(14-16)8-7-9-18(17)19-20(3)4/h16H,5-14H2,1-4H3/b19-18+. The van der Waals surface area contributed by atoms with Gasteiger partial charge in [-0.05, 0) is 70.0 Å². The number of hydrogen-bond acceptors (Lipinski definition) is 3. The van der Waals surface area contributed by atoms with Gasteiger partial charge in [0.25, 0.3) is 0 Å². The fourth-order valence-electron chi connectivity index (χ4n) is 3.93. The van der Waals surface area contributed by atoms with Crippen LogP contribution < -0.4 is 0 Å². The zero-order chi connectivity index (χ0) is 15.2. The SMILES string of the molecule is CCCN(CCC)C1CCC2=C(CCC/C2=N\N(C)C)C1. The Balaban J connectivity index is 2.10. The first kappa shape index (κ1) is 16.5. The molecule has 0 radical (unpaired) electrons. The van der Waals surface area contributed by atoms with Crippen LogP contribution in [0.4, 0.5) is 0 Å². The summed E-state index contributed by atoms with van der Waals surface area (Å²) in [5.74, 6) is 0. The number of nitrogens with zero attached hydrogens (tertiary/aromatic N) is 3. The molecule has 2 rings (SSSR count). The number of hydrogen-bond donors (Lipinski definition) is 0. The molecule has 2 aliphatic carbocycles. The van der Waals surface area contributed by atoms with Gasteiger partial charge in [0.05, 0.1) is 5.71 Å². The lowest BCUT2D eigenvalue weighted by molar-refractivity contribution is 0.179. The minimum absolute atomic E-state index is 0.780.